The molecule has 5 rings (SSSR count). The summed E-state index contributed by atoms with van der Waals surface area (Å²) in [5.74, 6) is -0.0498. The molecule has 23 heavy (non-hydrogen) atoms. The van der Waals surface area contributed by atoms with E-state index in [4.69, 9.17) is 24.7 Å². The van der Waals surface area contributed by atoms with Crippen LogP contribution in [0.25, 0.3) is 11.2 Å². The van der Waals surface area contributed by atoms with E-state index in [9.17, 15) is 0 Å². The second kappa shape index (κ2) is 4.18. The number of imidazole rings is 1. The van der Waals surface area contributed by atoms with E-state index in [2.05, 4.69) is 15.0 Å². The zero-order valence-electron chi connectivity index (χ0n) is 12.8. The van der Waals surface area contributed by atoms with Crippen LogP contribution in [0.4, 0.5) is 5.82 Å². The highest BCUT2D eigenvalue weighted by Gasteiger charge is 2.82. The first-order chi connectivity index (χ1) is 11.1. The zero-order chi connectivity index (χ0) is 15.8. The summed E-state index contributed by atoms with van der Waals surface area (Å²) in [6.45, 7) is 0.503. The average Bonchev–Trinajstić information content (AvgIpc) is 2.96. The average molecular weight is 319 g/mol. The largest absolute Gasteiger partial charge is 0.382 e. The van der Waals surface area contributed by atoms with E-state index in [0.29, 0.717) is 30.0 Å². The minimum atomic E-state index is -0.539. The van der Waals surface area contributed by atoms with Crippen molar-refractivity contribution in [1.82, 2.24) is 19.5 Å². The van der Waals surface area contributed by atoms with E-state index >= 15 is 0 Å². The molecular weight excluding hydrogens is 302 g/mol. The maximum Gasteiger partial charge on any atom is 0.179 e. The fourth-order valence-corrected chi connectivity index (χ4v) is 4.38. The Morgan fingerprint density at radius 3 is 3.00 bits per heavy atom. The maximum absolute atomic E-state index is 6.35. The molecule has 1 saturated carbocycles. The number of methoxy groups -OCH3 is 2. The van der Waals surface area contributed by atoms with E-state index in [1.165, 1.54) is 6.33 Å². The predicted octanol–water partition coefficient (Wildman–Crippen LogP) is 0.0839. The van der Waals surface area contributed by atoms with Crippen molar-refractivity contribution in [2.24, 2.45) is 5.92 Å². The van der Waals surface area contributed by atoms with Crippen molar-refractivity contribution < 1.29 is 18.9 Å². The van der Waals surface area contributed by atoms with E-state index in [0.717, 1.165) is 0 Å². The summed E-state index contributed by atoms with van der Waals surface area (Å²) in [5.41, 5.74) is 6.67. The Balaban J connectivity index is 1.56. The lowest BCUT2D eigenvalue weighted by Gasteiger charge is -2.64. The Hall–Kier alpha value is -1.81. The highest BCUT2D eigenvalue weighted by molar-refractivity contribution is 5.81. The van der Waals surface area contributed by atoms with Crippen molar-refractivity contribution in [3.05, 3.63) is 12.7 Å². The lowest BCUT2D eigenvalue weighted by atomic mass is 9.59. The van der Waals surface area contributed by atoms with Crippen molar-refractivity contribution in [3.8, 4) is 0 Å². The van der Waals surface area contributed by atoms with E-state index in [1.807, 2.05) is 4.57 Å². The molecule has 3 aliphatic rings. The van der Waals surface area contributed by atoms with E-state index in [1.54, 1.807) is 20.5 Å². The molecule has 3 unspecified atom stereocenters. The third-order valence-electron chi connectivity index (χ3n) is 5.28. The van der Waals surface area contributed by atoms with Crippen LogP contribution in [0.2, 0.25) is 0 Å². The fourth-order valence-electron chi connectivity index (χ4n) is 4.38. The second-order valence-electron chi connectivity index (χ2n) is 6.34. The summed E-state index contributed by atoms with van der Waals surface area (Å²) in [5, 5.41) is 0. The van der Waals surface area contributed by atoms with E-state index in [-0.39, 0.29) is 23.9 Å². The van der Waals surface area contributed by atoms with Crippen LogP contribution in [0.3, 0.4) is 0 Å². The Morgan fingerprint density at radius 1 is 1.35 bits per heavy atom. The normalized spacial score (nSPS) is 40.7. The summed E-state index contributed by atoms with van der Waals surface area (Å²) in [6.07, 6.45) is 3.30. The molecule has 0 spiro atoms. The van der Waals surface area contributed by atoms with Crippen molar-refractivity contribution >= 4 is 17.0 Å². The number of ether oxygens (including phenoxy) is 4. The molecule has 0 aromatic carbocycles. The summed E-state index contributed by atoms with van der Waals surface area (Å²) in [7, 11) is 3.34. The highest BCUT2D eigenvalue weighted by Crippen LogP contribution is 2.69. The van der Waals surface area contributed by atoms with Crippen LogP contribution >= 0.6 is 0 Å². The lowest BCUT2D eigenvalue weighted by molar-refractivity contribution is -0.441. The number of rotatable bonds is 4. The van der Waals surface area contributed by atoms with E-state index < -0.39 is 5.79 Å². The molecule has 122 valence electrons. The molecule has 4 heterocycles. The van der Waals surface area contributed by atoms with Gasteiger partial charge in [-0.3, -0.25) is 4.57 Å². The van der Waals surface area contributed by atoms with Gasteiger partial charge in [-0.05, 0) is 0 Å². The molecule has 0 bridgehead atoms. The minimum absolute atomic E-state index is 0.118. The molecule has 0 amide bonds. The van der Waals surface area contributed by atoms with Crippen molar-refractivity contribution in [3.63, 3.8) is 0 Å². The van der Waals surface area contributed by atoms with Gasteiger partial charge in [0.05, 0.1) is 18.9 Å². The molecule has 9 heteroatoms. The smallest absolute Gasteiger partial charge is 0.179 e. The van der Waals surface area contributed by atoms with Crippen LogP contribution in [-0.2, 0) is 18.9 Å². The van der Waals surface area contributed by atoms with Gasteiger partial charge in [-0.2, -0.15) is 0 Å². The minimum Gasteiger partial charge on any atom is -0.382 e. The van der Waals surface area contributed by atoms with Gasteiger partial charge in [0, 0.05) is 20.6 Å². The summed E-state index contributed by atoms with van der Waals surface area (Å²) in [4.78, 5) is 12.6. The van der Waals surface area contributed by atoms with Crippen LogP contribution in [-0.4, -0.2) is 57.8 Å². The molecule has 0 radical (unpaired) electrons. The van der Waals surface area contributed by atoms with Gasteiger partial charge >= 0.3 is 0 Å². The predicted molar refractivity (Wildman–Crippen MR) is 77.2 cm³/mol. The molecule has 2 N–H and O–H groups in total. The molecule has 1 aliphatic carbocycles. The van der Waals surface area contributed by atoms with Crippen molar-refractivity contribution in [2.75, 3.05) is 26.6 Å². The first kappa shape index (κ1) is 13.6. The van der Waals surface area contributed by atoms with Gasteiger partial charge in [-0.15, -0.1) is 0 Å². The van der Waals surface area contributed by atoms with Gasteiger partial charge in [-0.1, -0.05) is 0 Å². The maximum atomic E-state index is 6.35. The fraction of sp³-hybridized carbons (Fsp3) is 0.643. The summed E-state index contributed by atoms with van der Waals surface area (Å²) < 4.78 is 25.2. The number of hydrogen-bond donors (Lipinski definition) is 1. The van der Waals surface area contributed by atoms with Gasteiger partial charge in [0.2, 0.25) is 0 Å². The van der Waals surface area contributed by atoms with Crippen molar-refractivity contribution in [2.45, 2.75) is 30.1 Å². The Morgan fingerprint density at radius 2 is 2.22 bits per heavy atom. The third kappa shape index (κ3) is 1.44. The quantitative estimate of drug-likeness (QED) is 0.844. The molecule has 2 aromatic rings. The van der Waals surface area contributed by atoms with Crippen LogP contribution < -0.4 is 5.73 Å². The number of anilines is 1. The SMILES string of the molecule is COCC12C[C@@]3(OC)OC(C13)[C@H](n1cnc3c(N)ncnc31)O2. The van der Waals surface area contributed by atoms with Gasteiger partial charge in [0.15, 0.2) is 23.5 Å². The highest BCUT2D eigenvalue weighted by atomic mass is 16.8. The van der Waals surface area contributed by atoms with Crippen LogP contribution in [0.5, 0.6) is 0 Å². The topological polar surface area (TPSA) is 107 Å². The number of nitrogen functional groups attached to an aromatic ring is 1. The second-order valence-corrected chi connectivity index (χ2v) is 6.34. The Kier molecular flexibility index (Phi) is 2.47. The third-order valence-corrected chi connectivity index (χ3v) is 5.28. The molecule has 2 aromatic heterocycles. The Labute approximate surface area is 131 Å². The number of nitrogens with zero attached hydrogens (tertiary/aromatic N) is 4. The Bertz CT molecular complexity index is 797. The van der Waals surface area contributed by atoms with Gasteiger partial charge in [0.1, 0.15) is 23.5 Å². The molecule has 5 atom stereocenters. The van der Waals surface area contributed by atoms with Gasteiger partial charge < -0.3 is 24.7 Å². The molecule has 3 fully saturated rings. The van der Waals surface area contributed by atoms with Crippen molar-refractivity contribution in [1.29, 1.82) is 0 Å². The molecule has 9 nitrogen and oxygen atoms in total. The number of nitrogens with two attached hydrogens (primary N) is 1. The first-order valence-electron chi connectivity index (χ1n) is 7.47. The van der Waals surface area contributed by atoms with Crippen LogP contribution in [0.15, 0.2) is 12.7 Å². The van der Waals surface area contributed by atoms with Crippen LogP contribution in [0, 0.1) is 5.92 Å². The van der Waals surface area contributed by atoms with Gasteiger partial charge in [-0.25, -0.2) is 15.0 Å². The first-order valence-corrected chi connectivity index (χ1v) is 7.47. The molecular formula is C14H17N5O4. The van der Waals surface area contributed by atoms with Gasteiger partial charge in [0.25, 0.3) is 0 Å². The number of fused-ring (bicyclic) bond motifs is 1. The lowest BCUT2D eigenvalue weighted by Crippen LogP contribution is -2.78. The number of aromatic nitrogens is 4. The number of hydrogen-bond acceptors (Lipinski definition) is 8. The van der Waals surface area contributed by atoms with Crippen LogP contribution in [0.1, 0.15) is 12.6 Å². The molecule has 2 aliphatic heterocycles. The molecule has 2 saturated heterocycles. The standard InChI is InChI=1S/C14H17N5O4/c1-20-4-13-3-14(21-2)9(13)8(22-14)12(23-13)19-6-18-7-10(15)16-5-17-11(7)19/h5-6,8-9,12H,3-4H2,1-2H3,(H2,15,16,17)/t8?,9?,12-,13?,14-/m1/s1. The zero-order valence-corrected chi connectivity index (χ0v) is 12.8. The summed E-state index contributed by atoms with van der Waals surface area (Å²) >= 11 is 0. The summed E-state index contributed by atoms with van der Waals surface area (Å²) in [6, 6.07) is 0. The monoisotopic (exact) mass is 319 g/mol.